The van der Waals surface area contributed by atoms with Crippen LogP contribution in [-0.2, 0) is 22.2 Å². The van der Waals surface area contributed by atoms with Crippen LogP contribution in [0, 0.1) is 23.4 Å². The molecule has 1 aromatic carbocycles. The summed E-state index contributed by atoms with van der Waals surface area (Å²) in [5, 5.41) is 0. The number of hydrogen-bond acceptors (Lipinski definition) is 2. The van der Waals surface area contributed by atoms with Crippen molar-refractivity contribution in [2.75, 3.05) is 7.11 Å². The van der Waals surface area contributed by atoms with Crippen LogP contribution in [0.3, 0.4) is 0 Å². The lowest BCUT2D eigenvalue weighted by molar-refractivity contribution is 0.185. The standard InChI is InChI=1S/C18H28O2Si/c1-18(2,3)17(10-11-20-21(5)6)13-15-8-7-9-16(12-15)14-19-4/h7-9,12,17,21H,13-14H2,1-6H3/t17-/m0/s1. The van der Waals surface area contributed by atoms with Gasteiger partial charge >= 0.3 is 0 Å². The van der Waals surface area contributed by atoms with Gasteiger partial charge < -0.3 is 9.16 Å². The maximum atomic E-state index is 5.53. The summed E-state index contributed by atoms with van der Waals surface area (Å²) < 4.78 is 10.7. The molecule has 0 amide bonds. The monoisotopic (exact) mass is 304 g/mol. The van der Waals surface area contributed by atoms with Crippen LogP contribution in [0.4, 0.5) is 0 Å². The van der Waals surface area contributed by atoms with Gasteiger partial charge in [-0.15, -0.1) is 0 Å². The van der Waals surface area contributed by atoms with E-state index in [-0.39, 0.29) is 11.3 Å². The van der Waals surface area contributed by atoms with E-state index in [2.05, 4.69) is 70.2 Å². The maximum absolute atomic E-state index is 5.53. The molecule has 0 N–H and O–H groups in total. The largest absolute Gasteiger partial charge is 0.505 e. The van der Waals surface area contributed by atoms with Gasteiger partial charge in [-0.25, -0.2) is 0 Å². The molecule has 21 heavy (non-hydrogen) atoms. The molecule has 2 nitrogen and oxygen atoms in total. The quantitative estimate of drug-likeness (QED) is 0.605. The fourth-order valence-electron chi connectivity index (χ4n) is 2.05. The number of ether oxygens (including phenoxy) is 1. The fourth-order valence-corrected chi connectivity index (χ4v) is 2.35. The molecule has 3 heteroatoms. The van der Waals surface area contributed by atoms with Crippen LogP contribution in [0.2, 0.25) is 13.1 Å². The molecule has 0 fully saturated rings. The molecule has 0 aliphatic carbocycles. The zero-order valence-electron chi connectivity index (χ0n) is 14.2. The zero-order chi connectivity index (χ0) is 15.9. The van der Waals surface area contributed by atoms with Crippen molar-refractivity contribution in [1.82, 2.24) is 0 Å². The lowest BCUT2D eigenvalue weighted by atomic mass is 9.77. The molecule has 0 saturated heterocycles. The highest BCUT2D eigenvalue weighted by Gasteiger charge is 2.23. The Morgan fingerprint density at radius 1 is 1.19 bits per heavy atom. The van der Waals surface area contributed by atoms with Crippen molar-refractivity contribution < 1.29 is 9.16 Å². The van der Waals surface area contributed by atoms with Crippen molar-refractivity contribution in [2.24, 2.45) is 11.3 Å². The molecule has 1 atom stereocenters. The van der Waals surface area contributed by atoms with Crippen LogP contribution in [0.15, 0.2) is 24.3 Å². The summed E-state index contributed by atoms with van der Waals surface area (Å²) in [6.07, 6.45) is 3.88. The summed E-state index contributed by atoms with van der Waals surface area (Å²) in [5.41, 5.74) is 2.65. The first-order chi connectivity index (χ1) is 9.82. The van der Waals surface area contributed by atoms with Crippen LogP contribution in [0.1, 0.15) is 31.9 Å². The first kappa shape index (κ1) is 17.8. The van der Waals surface area contributed by atoms with Crippen molar-refractivity contribution in [3.05, 3.63) is 35.4 Å². The minimum atomic E-state index is -1.08. The second-order valence-electron chi connectivity index (χ2n) is 6.79. The first-order valence-corrected chi connectivity index (χ1v) is 10.3. The van der Waals surface area contributed by atoms with Gasteiger partial charge in [0.2, 0.25) is 9.04 Å². The maximum Gasteiger partial charge on any atom is 0.244 e. The molecule has 0 aliphatic heterocycles. The van der Waals surface area contributed by atoms with Crippen LogP contribution < -0.4 is 0 Å². The highest BCUT2D eigenvalue weighted by atomic mass is 28.3. The summed E-state index contributed by atoms with van der Waals surface area (Å²) in [6.45, 7) is 11.6. The molecular formula is C18H28O2Si. The minimum absolute atomic E-state index is 0.131. The average molecular weight is 305 g/mol. The van der Waals surface area contributed by atoms with Crippen LogP contribution in [0.25, 0.3) is 0 Å². The van der Waals surface area contributed by atoms with Crippen LogP contribution in [0.5, 0.6) is 0 Å². The molecule has 0 saturated carbocycles. The van der Waals surface area contributed by atoms with E-state index in [0.717, 1.165) is 6.42 Å². The smallest absolute Gasteiger partial charge is 0.244 e. The zero-order valence-corrected chi connectivity index (χ0v) is 15.3. The highest BCUT2D eigenvalue weighted by molar-refractivity contribution is 6.48. The Hall–Kier alpha value is -1.24. The number of rotatable bonds is 5. The Labute approximate surface area is 131 Å². The molecule has 0 aromatic heterocycles. The number of benzene rings is 1. The number of hydrogen-bond donors (Lipinski definition) is 0. The first-order valence-electron chi connectivity index (χ1n) is 7.56. The van der Waals surface area contributed by atoms with Crippen LogP contribution >= 0.6 is 0 Å². The van der Waals surface area contributed by atoms with Crippen molar-refractivity contribution >= 4 is 9.04 Å². The molecule has 0 radical (unpaired) electrons. The predicted octanol–water partition coefficient (Wildman–Crippen LogP) is 4.00. The topological polar surface area (TPSA) is 18.5 Å². The van der Waals surface area contributed by atoms with E-state index in [9.17, 15) is 0 Å². The van der Waals surface area contributed by atoms with Gasteiger partial charge in [-0.05, 0) is 36.1 Å². The molecule has 0 heterocycles. The Balaban J connectivity index is 2.85. The third-order valence-corrected chi connectivity index (χ3v) is 3.90. The Kier molecular flexibility index (Phi) is 7.00. The Morgan fingerprint density at radius 3 is 2.43 bits per heavy atom. The van der Waals surface area contributed by atoms with Gasteiger partial charge in [-0.2, -0.15) is 0 Å². The third kappa shape index (κ3) is 6.84. The van der Waals surface area contributed by atoms with Gasteiger partial charge in [0.05, 0.1) is 12.7 Å². The summed E-state index contributed by atoms with van der Waals surface area (Å²) in [7, 11) is 0.650. The fraction of sp³-hybridized carbons (Fsp3) is 0.556. The van der Waals surface area contributed by atoms with Gasteiger partial charge in [0.1, 0.15) is 0 Å². The number of methoxy groups -OCH3 is 1. The van der Waals surface area contributed by atoms with Crippen molar-refractivity contribution in [1.29, 1.82) is 0 Å². The molecule has 0 bridgehead atoms. The molecule has 116 valence electrons. The lowest BCUT2D eigenvalue weighted by Gasteiger charge is -2.26. The second-order valence-corrected chi connectivity index (χ2v) is 9.12. The van der Waals surface area contributed by atoms with E-state index >= 15 is 0 Å². The molecule has 0 unspecified atom stereocenters. The van der Waals surface area contributed by atoms with E-state index in [1.165, 1.54) is 11.1 Å². The van der Waals surface area contributed by atoms with Gasteiger partial charge in [-0.3, -0.25) is 0 Å². The summed E-state index contributed by atoms with van der Waals surface area (Å²) in [4.78, 5) is 0. The van der Waals surface area contributed by atoms with E-state index in [1.54, 1.807) is 7.11 Å². The highest BCUT2D eigenvalue weighted by Crippen LogP contribution is 2.28. The Morgan fingerprint density at radius 2 is 1.86 bits per heavy atom. The minimum Gasteiger partial charge on any atom is -0.505 e. The van der Waals surface area contributed by atoms with Crippen molar-refractivity contribution in [3.63, 3.8) is 0 Å². The molecule has 1 rings (SSSR count). The SMILES string of the molecule is COCc1cccc(C[C@H](C#CO[SiH](C)C)C(C)(C)C)c1. The van der Waals surface area contributed by atoms with Crippen molar-refractivity contribution in [3.8, 4) is 12.0 Å². The molecule has 1 aromatic rings. The van der Waals surface area contributed by atoms with E-state index < -0.39 is 9.04 Å². The normalized spacial score (nSPS) is 12.7. The second kappa shape index (κ2) is 8.26. The Bertz CT molecular complexity index is 492. The van der Waals surface area contributed by atoms with Gasteiger partial charge in [-0.1, -0.05) is 51.0 Å². The third-order valence-electron chi connectivity index (χ3n) is 3.32. The van der Waals surface area contributed by atoms with E-state index in [1.807, 2.05) is 0 Å². The van der Waals surface area contributed by atoms with E-state index in [4.69, 9.17) is 9.16 Å². The average Bonchev–Trinajstić information content (AvgIpc) is 2.37. The van der Waals surface area contributed by atoms with Gasteiger partial charge in [0.15, 0.2) is 0 Å². The van der Waals surface area contributed by atoms with Gasteiger partial charge in [0, 0.05) is 13.0 Å². The summed E-state index contributed by atoms with van der Waals surface area (Å²) >= 11 is 0. The predicted molar refractivity (Wildman–Crippen MR) is 91.5 cm³/mol. The summed E-state index contributed by atoms with van der Waals surface area (Å²) in [6, 6.07) is 8.56. The van der Waals surface area contributed by atoms with Gasteiger partial charge in [0.25, 0.3) is 0 Å². The van der Waals surface area contributed by atoms with E-state index in [0.29, 0.717) is 6.61 Å². The molecular weight excluding hydrogens is 276 g/mol. The molecule has 0 aliphatic rings. The summed E-state index contributed by atoms with van der Waals surface area (Å²) in [5.74, 6) is 3.60. The lowest BCUT2D eigenvalue weighted by Crippen LogP contribution is -2.21. The van der Waals surface area contributed by atoms with Crippen molar-refractivity contribution in [2.45, 2.75) is 46.9 Å². The molecule has 0 spiro atoms. The van der Waals surface area contributed by atoms with Crippen LogP contribution in [-0.4, -0.2) is 16.2 Å².